The molecule has 0 radical (unpaired) electrons. The highest BCUT2D eigenvalue weighted by Crippen LogP contribution is 2.34. The zero-order valence-electron chi connectivity index (χ0n) is 31.8. The minimum Gasteiger partial charge on any atom is -0.493 e. The summed E-state index contributed by atoms with van der Waals surface area (Å²) in [6, 6.07) is 34.8. The lowest BCUT2D eigenvalue weighted by molar-refractivity contribution is -0.137. The first-order valence-corrected chi connectivity index (χ1v) is 19.1. The van der Waals surface area contributed by atoms with Crippen LogP contribution in [0.2, 0.25) is 5.02 Å². The number of amides is 1. The number of fused-ring (bicyclic) bond motifs is 1. The van der Waals surface area contributed by atoms with Crippen LogP contribution in [0.4, 0.5) is 13.2 Å². The molecule has 1 aliphatic heterocycles. The Morgan fingerprint density at radius 3 is 2.17 bits per heavy atom. The second kappa shape index (κ2) is 19.3. The molecule has 1 amide bonds. The van der Waals surface area contributed by atoms with Gasteiger partial charge in [-0.05, 0) is 94.1 Å². The van der Waals surface area contributed by atoms with Crippen LogP contribution in [0.5, 0.6) is 23.1 Å². The highest BCUT2D eigenvalue weighted by molar-refractivity contribution is 6.32. The molecule has 1 aliphatic rings. The number of rotatable bonds is 13. The number of alkyl halides is 3. The Kier molecular flexibility index (Phi) is 14.0. The average molecular weight is 829 g/mol. The van der Waals surface area contributed by atoms with Crippen LogP contribution in [0.15, 0.2) is 128 Å². The number of nitrogens with zero attached hydrogens (tertiary/aromatic N) is 3. The Labute approximate surface area is 347 Å². The Hall–Kier alpha value is -5.55. The minimum absolute atomic E-state index is 0. The number of carbonyl (C=O) groups is 1. The second-order valence-corrected chi connectivity index (χ2v) is 14.3. The number of ether oxygens (including phenoxy) is 3. The number of hydrogen-bond donors (Lipinski definition) is 0. The van der Waals surface area contributed by atoms with E-state index < -0.39 is 11.7 Å². The number of pyridine rings is 1. The molecule has 0 aliphatic carbocycles. The van der Waals surface area contributed by atoms with Gasteiger partial charge in [-0.3, -0.25) is 9.69 Å². The summed E-state index contributed by atoms with van der Waals surface area (Å²) in [5.41, 5.74) is 3.88. The standard InChI is InChI=1S/C46H41ClF3N3O4.ClH/c1-32-26-36(27-42(47)45(32)57-43-18-17-41(29-51-43)56-31-35-10-14-39(15-11-35)46(48,49)50)12-19-44(54)53-23-21-52(22-24-53)30-34-8-6-33(7-9-34)20-25-55-40-16-13-37-4-2-3-5-38(37)28-40;/h2-19,26-29H,20-25,30-31H2,1H3;1H. The zero-order valence-corrected chi connectivity index (χ0v) is 33.3. The largest absolute Gasteiger partial charge is 0.493 e. The van der Waals surface area contributed by atoms with Crippen molar-refractivity contribution in [3.05, 3.63) is 166 Å². The lowest BCUT2D eigenvalue weighted by atomic mass is 10.1. The van der Waals surface area contributed by atoms with E-state index in [9.17, 15) is 18.0 Å². The van der Waals surface area contributed by atoms with Gasteiger partial charge < -0.3 is 19.1 Å². The number of carbonyl (C=O) groups excluding carboxylic acids is 1. The molecule has 7 rings (SSSR count). The number of halogens is 5. The van der Waals surface area contributed by atoms with Gasteiger partial charge >= 0.3 is 6.18 Å². The molecule has 1 fully saturated rings. The minimum atomic E-state index is -4.39. The molecule has 1 aromatic heterocycles. The molecule has 0 atom stereocenters. The van der Waals surface area contributed by atoms with Gasteiger partial charge in [0.1, 0.15) is 18.1 Å². The number of hydrogen-bond acceptors (Lipinski definition) is 6. The van der Waals surface area contributed by atoms with E-state index >= 15 is 0 Å². The summed E-state index contributed by atoms with van der Waals surface area (Å²) in [6.07, 6.45) is 1.24. The van der Waals surface area contributed by atoms with E-state index in [0.717, 1.165) is 55.1 Å². The van der Waals surface area contributed by atoms with Gasteiger partial charge in [0.25, 0.3) is 0 Å². The van der Waals surface area contributed by atoms with Crippen LogP contribution in [0, 0.1) is 6.92 Å². The molecule has 1 saturated heterocycles. The lowest BCUT2D eigenvalue weighted by Gasteiger charge is -2.34. The molecule has 0 saturated carbocycles. The summed E-state index contributed by atoms with van der Waals surface area (Å²) in [5, 5.41) is 2.74. The van der Waals surface area contributed by atoms with Crippen molar-refractivity contribution in [2.45, 2.75) is 32.7 Å². The molecule has 12 heteroatoms. The van der Waals surface area contributed by atoms with Gasteiger partial charge in [0.05, 0.1) is 23.4 Å². The summed E-state index contributed by atoms with van der Waals surface area (Å²) in [6.45, 7) is 6.25. The van der Waals surface area contributed by atoms with Crippen molar-refractivity contribution in [1.82, 2.24) is 14.8 Å². The van der Waals surface area contributed by atoms with Crippen LogP contribution < -0.4 is 14.2 Å². The van der Waals surface area contributed by atoms with Crippen LogP contribution in [0.3, 0.4) is 0 Å². The van der Waals surface area contributed by atoms with Crippen molar-refractivity contribution in [1.29, 1.82) is 0 Å². The van der Waals surface area contributed by atoms with Gasteiger partial charge in [-0.15, -0.1) is 12.4 Å². The fourth-order valence-corrected chi connectivity index (χ4v) is 6.88. The van der Waals surface area contributed by atoms with Crippen molar-refractivity contribution in [2.75, 3.05) is 32.8 Å². The summed E-state index contributed by atoms with van der Waals surface area (Å²) in [4.78, 5) is 21.6. The van der Waals surface area contributed by atoms with Gasteiger partial charge in [0.15, 0.2) is 5.75 Å². The quantitative estimate of drug-likeness (QED) is 0.108. The third-order valence-electron chi connectivity index (χ3n) is 9.77. The van der Waals surface area contributed by atoms with Crippen LogP contribution in [-0.2, 0) is 30.5 Å². The van der Waals surface area contributed by atoms with Crippen LogP contribution in [0.1, 0.15) is 33.4 Å². The van der Waals surface area contributed by atoms with Gasteiger partial charge in [-0.1, -0.05) is 78.3 Å². The normalized spacial score (nSPS) is 13.4. The van der Waals surface area contributed by atoms with E-state index in [4.69, 9.17) is 25.8 Å². The Morgan fingerprint density at radius 2 is 1.48 bits per heavy atom. The van der Waals surface area contributed by atoms with E-state index in [1.54, 1.807) is 30.4 Å². The first kappa shape index (κ1) is 42.1. The van der Waals surface area contributed by atoms with Crippen molar-refractivity contribution < 1.29 is 32.2 Å². The maximum atomic E-state index is 13.1. The zero-order chi connectivity index (χ0) is 39.8. The maximum Gasteiger partial charge on any atom is 0.416 e. The smallest absolute Gasteiger partial charge is 0.416 e. The summed E-state index contributed by atoms with van der Waals surface area (Å²) >= 11 is 6.60. The monoisotopic (exact) mass is 827 g/mol. The molecule has 0 bridgehead atoms. The average Bonchev–Trinajstić information content (AvgIpc) is 3.21. The number of aromatic nitrogens is 1. The molecule has 0 N–H and O–H groups in total. The van der Waals surface area contributed by atoms with Crippen molar-refractivity contribution in [3.63, 3.8) is 0 Å². The Bertz CT molecular complexity index is 2310. The summed E-state index contributed by atoms with van der Waals surface area (Å²) < 4.78 is 56.1. The Balaban J connectivity index is 0.00000567. The molecular weight excluding hydrogens is 786 g/mol. The van der Waals surface area contributed by atoms with Crippen molar-refractivity contribution in [3.8, 4) is 23.1 Å². The maximum absolute atomic E-state index is 13.1. The summed E-state index contributed by atoms with van der Waals surface area (Å²) in [7, 11) is 0. The van der Waals surface area contributed by atoms with E-state index in [2.05, 4.69) is 58.4 Å². The van der Waals surface area contributed by atoms with E-state index in [1.807, 2.05) is 36.1 Å². The topological polar surface area (TPSA) is 64.1 Å². The van der Waals surface area contributed by atoms with Crippen molar-refractivity contribution >= 4 is 46.8 Å². The van der Waals surface area contributed by atoms with Crippen LogP contribution in [-0.4, -0.2) is 53.5 Å². The fraction of sp³-hybridized carbons (Fsp3) is 0.217. The second-order valence-electron chi connectivity index (χ2n) is 13.9. The van der Waals surface area contributed by atoms with Gasteiger partial charge in [-0.2, -0.15) is 13.2 Å². The molecular formula is C46H42Cl2F3N3O4. The number of aryl methyl sites for hydroxylation is 1. The van der Waals surface area contributed by atoms with Gasteiger partial charge in [0.2, 0.25) is 11.8 Å². The molecule has 2 heterocycles. The number of piperazine rings is 1. The Morgan fingerprint density at radius 1 is 0.793 bits per heavy atom. The molecule has 6 aromatic rings. The van der Waals surface area contributed by atoms with Gasteiger partial charge in [-0.25, -0.2) is 4.98 Å². The van der Waals surface area contributed by atoms with E-state index in [0.29, 0.717) is 41.8 Å². The predicted molar refractivity (Wildman–Crippen MR) is 224 cm³/mol. The SMILES string of the molecule is Cc1cc(C=CC(=O)N2CCN(Cc3ccc(CCOc4ccc5ccccc5c4)cc3)CC2)cc(Cl)c1Oc1ccc(OCc2ccc(C(F)(F)F)cc2)cn1.Cl. The lowest BCUT2D eigenvalue weighted by Crippen LogP contribution is -2.47. The molecule has 7 nitrogen and oxygen atoms in total. The summed E-state index contributed by atoms with van der Waals surface area (Å²) in [5.74, 6) is 1.98. The third-order valence-corrected chi connectivity index (χ3v) is 10.0. The fourth-order valence-electron chi connectivity index (χ4n) is 6.57. The van der Waals surface area contributed by atoms with Crippen LogP contribution in [0.25, 0.3) is 16.8 Å². The molecule has 58 heavy (non-hydrogen) atoms. The number of benzene rings is 5. The van der Waals surface area contributed by atoms with Crippen LogP contribution >= 0.6 is 24.0 Å². The van der Waals surface area contributed by atoms with Gasteiger partial charge in [0, 0.05) is 51.3 Å². The molecule has 0 unspecified atom stereocenters. The van der Waals surface area contributed by atoms with Crippen molar-refractivity contribution in [2.24, 2.45) is 0 Å². The first-order valence-electron chi connectivity index (χ1n) is 18.7. The highest BCUT2D eigenvalue weighted by atomic mass is 35.5. The first-order chi connectivity index (χ1) is 27.6. The highest BCUT2D eigenvalue weighted by Gasteiger charge is 2.30. The molecule has 5 aromatic carbocycles. The predicted octanol–water partition coefficient (Wildman–Crippen LogP) is 11.0. The third kappa shape index (κ3) is 11.3. The molecule has 0 spiro atoms. The van der Waals surface area contributed by atoms with E-state index in [-0.39, 0.29) is 30.8 Å². The van der Waals surface area contributed by atoms with E-state index in [1.165, 1.54) is 40.2 Å². The molecule has 300 valence electrons.